The van der Waals surface area contributed by atoms with E-state index >= 15 is 0 Å². The number of rotatable bonds is 18. The van der Waals surface area contributed by atoms with Crippen LogP contribution in [0.3, 0.4) is 0 Å². The molecule has 1 heterocycles. The van der Waals surface area contributed by atoms with E-state index in [0.29, 0.717) is 29.2 Å². The van der Waals surface area contributed by atoms with E-state index in [4.69, 9.17) is 19.0 Å². The van der Waals surface area contributed by atoms with Gasteiger partial charge in [-0.05, 0) is 72.1 Å². The van der Waals surface area contributed by atoms with Crippen molar-refractivity contribution in [3.63, 3.8) is 0 Å². The van der Waals surface area contributed by atoms with Gasteiger partial charge in [0.15, 0.2) is 5.75 Å². The lowest BCUT2D eigenvalue weighted by atomic mass is 10.0. The fourth-order valence-corrected chi connectivity index (χ4v) is 12.7. The lowest BCUT2D eigenvalue weighted by Crippen LogP contribution is -2.53. The lowest BCUT2D eigenvalue weighted by Gasteiger charge is -2.42. The van der Waals surface area contributed by atoms with Gasteiger partial charge in [0.25, 0.3) is 14.2 Å². The van der Waals surface area contributed by atoms with Crippen LogP contribution in [-0.4, -0.2) is 85.2 Å². The third-order valence-corrected chi connectivity index (χ3v) is 16.3. The van der Waals surface area contributed by atoms with Crippen LogP contribution in [0.15, 0.2) is 60.3 Å². The van der Waals surface area contributed by atoms with Crippen molar-refractivity contribution in [3.05, 3.63) is 71.5 Å². The zero-order valence-electron chi connectivity index (χ0n) is 35.5. The summed E-state index contributed by atoms with van der Waals surface area (Å²) >= 11 is 0. The molecule has 15 nitrogen and oxygen atoms in total. The molecule has 1 aliphatic heterocycles. The molecule has 5 amide bonds. The van der Waals surface area contributed by atoms with Crippen molar-refractivity contribution in [2.24, 2.45) is 5.92 Å². The van der Waals surface area contributed by atoms with Gasteiger partial charge in [0.05, 0.1) is 31.0 Å². The number of aliphatic hydroxyl groups excluding tert-OH is 1. The van der Waals surface area contributed by atoms with Gasteiger partial charge in [-0.1, -0.05) is 79.7 Å². The second-order valence-electron chi connectivity index (χ2n) is 15.7. The standard InChI is InChI=1S/C42H61N5O10Si/c1-12-13-30-18-32(22-48)47(21-30)40(51)33-19-35(55-11)36(57-58(25(4)5,26(6)7)27(8)9)20-34(33)45-42(54)56-23-29-14-16-31(17-15-29)44-38(49)28(10)43-39(50)37(24(2)3)46-41(52)53/h12-17,19-21,24-28,32,37,46,48H,18,22-23H2,1-11H3,(H,43,50)(H,44,49)(H,45,54)(H,52,53)/b13-12+/t28?,32-,37?/m0/s1. The van der Waals surface area contributed by atoms with Crippen molar-refractivity contribution < 1.29 is 48.1 Å². The van der Waals surface area contributed by atoms with E-state index in [2.05, 4.69) is 62.8 Å². The normalized spacial score (nSPS) is 15.3. The molecule has 0 saturated carbocycles. The number of anilines is 2. The monoisotopic (exact) mass is 823 g/mol. The number of ether oxygens (including phenoxy) is 2. The minimum Gasteiger partial charge on any atom is -0.540 e. The van der Waals surface area contributed by atoms with Crippen molar-refractivity contribution in [3.8, 4) is 11.5 Å². The summed E-state index contributed by atoms with van der Waals surface area (Å²) in [6.07, 6.45) is 3.72. The van der Waals surface area contributed by atoms with Crippen LogP contribution in [0.2, 0.25) is 16.6 Å². The number of amides is 5. The molecular weight excluding hydrogens is 763 g/mol. The number of nitrogens with one attached hydrogen (secondary N) is 4. The van der Waals surface area contributed by atoms with Crippen LogP contribution < -0.4 is 30.4 Å². The van der Waals surface area contributed by atoms with Gasteiger partial charge in [0.1, 0.15) is 24.4 Å². The summed E-state index contributed by atoms with van der Waals surface area (Å²) in [4.78, 5) is 65.6. The van der Waals surface area contributed by atoms with E-state index in [-0.39, 0.29) is 47.0 Å². The van der Waals surface area contributed by atoms with Crippen molar-refractivity contribution >= 4 is 49.6 Å². The molecule has 16 heteroatoms. The highest BCUT2D eigenvalue weighted by Crippen LogP contribution is 2.46. The molecule has 0 fully saturated rings. The molecule has 3 atom stereocenters. The molecule has 0 saturated heterocycles. The summed E-state index contributed by atoms with van der Waals surface area (Å²) in [7, 11) is -1.03. The van der Waals surface area contributed by atoms with Gasteiger partial charge < -0.3 is 45.0 Å². The Bertz CT molecular complexity index is 1820. The van der Waals surface area contributed by atoms with E-state index in [0.717, 1.165) is 5.57 Å². The molecule has 0 radical (unpaired) electrons. The summed E-state index contributed by atoms with van der Waals surface area (Å²) in [6, 6.07) is 7.16. The van der Waals surface area contributed by atoms with Crippen molar-refractivity contribution in [2.75, 3.05) is 24.4 Å². The predicted molar refractivity (Wildman–Crippen MR) is 225 cm³/mol. The highest BCUT2D eigenvalue weighted by atomic mass is 28.4. The third kappa shape index (κ3) is 11.6. The molecule has 0 bridgehead atoms. The van der Waals surface area contributed by atoms with Gasteiger partial charge in [0, 0.05) is 18.0 Å². The minimum absolute atomic E-state index is 0.117. The highest BCUT2D eigenvalue weighted by Gasteiger charge is 2.47. The molecule has 2 aromatic carbocycles. The Kier molecular flexibility index (Phi) is 16.9. The van der Waals surface area contributed by atoms with Crippen LogP contribution >= 0.6 is 0 Å². The molecular formula is C42H61N5O10Si. The lowest BCUT2D eigenvalue weighted by molar-refractivity contribution is -0.128. The average molecular weight is 824 g/mol. The second-order valence-corrected chi connectivity index (χ2v) is 21.1. The number of nitrogens with zero attached hydrogens (tertiary/aromatic N) is 1. The number of carboxylic acid groups (broad SMARTS) is 1. The van der Waals surface area contributed by atoms with Crippen LogP contribution in [0.1, 0.15) is 91.6 Å². The Morgan fingerprint density at radius 2 is 1.50 bits per heavy atom. The molecule has 1 aliphatic rings. The maximum absolute atomic E-state index is 14.2. The number of aliphatic hydroxyl groups is 1. The smallest absolute Gasteiger partial charge is 0.411 e. The van der Waals surface area contributed by atoms with Crippen LogP contribution in [0.5, 0.6) is 11.5 Å². The molecule has 0 aliphatic carbocycles. The van der Waals surface area contributed by atoms with Gasteiger partial charge in [-0.15, -0.1) is 0 Å². The topological polar surface area (TPSA) is 205 Å². The van der Waals surface area contributed by atoms with Gasteiger partial charge in [-0.2, -0.15) is 0 Å². The van der Waals surface area contributed by atoms with Crippen LogP contribution in [-0.2, 0) is 20.9 Å². The fraction of sp³-hybridized carbons (Fsp3) is 0.500. The SMILES string of the molecule is C/C=C/C1=CN(C(=O)c2cc(OC)c(O[Si](C(C)C)(C(C)C)C(C)C)cc2NC(=O)OCc2ccc(NC(=O)C(C)NC(=O)C(NC(=O)O)C(C)C)cc2)[C@H](CO)C1. The number of carbonyl (C=O) groups excluding carboxylic acids is 4. The van der Waals surface area contributed by atoms with E-state index in [1.165, 1.54) is 18.9 Å². The van der Waals surface area contributed by atoms with E-state index in [9.17, 15) is 29.1 Å². The summed E-state index contributed by atoms with van der Waals surface area (Å²) in [6.45, 7) is 19.2. The number of allylic oxidation sites excluding steroid dienone is 2. The minimum atomic E-state index is -2.52. The first-order valence-corrected chi connectivity index (χ1v) is 21.7. The Hall–Kier alpha value is -5.35. The fourth-order valence-electron chi connectivity index (χ4n) is 7.44. The first-order chi connectivity index (χ1) is 27.3. The van der Waals surface area contributed by atoms with Crippen molar-refractivity contribution in [1.82, 2.24) is 15.5 Å². The molecule has 0 aromatic heterocycles. The highest BCUT2D eigenvalue weighted by molar-refractivity contribution is 6.78. The first kappa shape index (κ1) is 47.0. The average Bonchev–Trinajstić information content (AvgIpc) is 3.57. The van der Waals surface area contributed by atoms with E-state index in [1.54, 1.807) is 56.4 Å². The number of methoxy groups -OCH3 is 1. The molecule has 2 aromatic rings. The Balaban J connectivity index is 1.85. The molecule has 2 unspecified atom stereocenters. The summed E-state index contributed by atoms with van der Waals surface area (Å²) in [5.41, 5.74) is 2.80. The zero-order valence-corrected chi connectivity index (χ0v) is 36.5. The molecule has 3 rings (SSSR count). The Morgan fingerprint density at radius 3 is 2.02 bits per heavy atom. The van der Waals surface area contributed by atoms with Crippen LogP contribution in [0.4, 0.5) is 21.0 Å². The first-order valence-electron chi connectivity index (χ1n) is 19.6. The summed E-state index contributed by atoms with van der Waals surface area (Å²) < 4.78 is 18.4. The maximum Gasteiger partial charge on any atom is 0.411 e. The Labute approximate surface area is 342 Å². The molecule has 6 N–H and O–H groups in total. The molecule has 58 heavy (non-hydrogen) atoms. The van der Waals surface area contributed by atoms with Crippen LogP contribution in [0.25, 0.3) is 0 Å². The van der Waals surface area contributed by atoms with Crippen molar-refractivity contribution in [2.45, 2.75) is 117 Å². The largest absolute Gasteiger partial charge is 0.540 e. The zero-order chi connectivity index (χ0) is 43.5. The molecule has 0 spiro atoms. The quantitative estimate of drug-likeness (QED) is 0.0822. The number of hydrogen-bond acceptors (Lipinski definition) is 9. The number of carbonyl (C=O) groups is 5. The predicted octanol–water partition coefficient (Wildman–Crippen LogP) is 7.40. The van der Waals surface area contributed by atoms with Crippen LogP contribution in [0, 0.1) is 5.92 Å². The Morgan fingerprint density at radius 1 is 0.879 bits per heavy atom. The van der Waals surface area contributed by atoms with Gasteiger partial charge in [-0.25, -0.2) is 9.59 Å². The summed E-state index contributed by atoms with van der Waals surface area (Å²) in [5.74, 6) is -1.22. The van der Waals surface area contributed by atoms with Gasteiger partial charge in [-0.3, -0.25) is 19.7 Å². The van der Waals surface area contributed by atoms with E-state index < -0.39 is 56.4 Å². The van der Waals surface area contributed by atoms with Gasteiger partial charge >= 0.3 is 12.2 Å². The second kappa shape index (κ2) is 20.9. The molecule has 318 valence electrons. The van der Waals surface area contributed by atoms with E-state index in [1.807, 2.05) is 19.1 Å². The summed E-state index contributed by atoms with van der Waals surface area (Å²) in [5, 5.41) is 29.4. The maximum atomic E-state index is 14.2. The van der Waals surface area contributed by atoms with Crippen molar-refractivity contribution in [1.29, 1.82) is 0 Å². The number of benzene rings is 2. The number of hydrogen-bond donors (Lipinski definition) is 6. The third-order valence-electron chi connectivity index (χ3n) is 10.3. The van der Waals surface area contributed by atoms with Gasteiger partial charge in [0.2, 0.25) is 11.8 Å².